The molecule has 0 amide bonds. The highest BCUT2D eigenvalue weighted by Crippen LogP contribution is 2.40. The van der Waals surface area contributed by atoms with Crippen LogP contribution in [0, 0.1) is 5.92 Å². The molecule has 0 radical (unpaired) electrons. The first-order valence-corrected chi connectivity index (χ1v) is 9.99. The van der Waals surface area contributed by atoms with Crippen molar-refractivity contribution < 1.29 is 19.1 Å². The highest BCUT2D eigenvalue weighted by Gasteiger charge is 2.43. The van der Waals surface area contributed by atoms with Crippen molar-refractivity contribution in [2.75, 3.05) is 0 Å². The Labute approximate surface area is 172 Å². The molecule has 4 nitrogen and oxygen atoms in total. The number of rotatable bonds is 9. The zero-order valence-corrected chi connectivity index (χ0v) is 18.8. The maximum absolute atomic E-state index is 12.1. The van der Waals surface area contributed by atoms with Gasteiger partial charge in [-0.15, -0.1) is 0 Å². The van der Waals surface area contributed by atoms with E-state index in [2.05, 4.69) is 0 Å². The third-order valence-corrected chi connectivity index (χ3v) is 5.01. The number of ether oxygens (including phenoxy) is 2. The monoisotopic (exact) mass is 428 g/mol. The molecule has 0 saturated carbocycles. The summed E-state index contributed by atoms with van der Waals surface area (Å²) in [6, 6.07) is 0. The fourth-order valence-electron chi connectivity index (χ4n) is 2.00. The van der Waals surface area contributed by atoms with E-state index in [0.29, 0.717) is 12.8 Å². The van der Waals surface area contributed by atoms with Crippen LogP contribution in [-0.4, -0.2) is 26.9 Å². The van der Waals surface area contributed by atoms with Crippen LogP contribution in [0.15, 0.2) is 12.2 Å². The number of allylic oxidation sites excluding steroid dienone is 2. The van der Waals surface area contributed by atoms with Gasteiger partial charge in [0.15, 0.2) is 5.60 Å². The molecule has 0 aliphatic carbocycles. The van der Waals surface area contributed by atoms with Crippen LogP contribution < -0.4 is 0 Å². The highest BCUT2D eigenvalue weighted by atomic mass is 35.6. The van der Waals surface area contributed by atoms with Crippen LogP contribution in [-0.2, 0) is 19.1 Å². The van der Waals surface area contributed by atoms with Crippen LogP contribution in [0.2, 0.25) is 0 Å². The van der Waals surface area contributed by atoms with E-state index in [9.17, 15) is 9.59 Å². The normalized spacial score (nSPS) is 14.3. The molecule has 7 heteroatoms. The molecule has 0 aliphatic rings. The van der Waals surface area contributed by atoms with Crippen molar-refractivity contribution in [2.24, 2.45) is 5.92 Å². The Morgan fingerprint density at radius 2 is 1.50 bits per heavy atom. The molecule has 0 heterocycles. The smallest absolute Gasteiger partial charge is 0.309 e. The summed E-state index contributed by atoms with van der Waals surface area (Å²) >= 11 is 17.3. The average molecular weight is 430 g/mol. The number of hydrogen-bond donors (Lipinski definition) is 0. The number of hydrogen-bond acceptors (Lipinski definition) is 4. The standard InChI is InChI=1S/C19H31Cl3O4/c1-7-14(16(24)26-17(2,3)4)12-10-8-9-11-13-15(23)25-18(5,6)19(20,21)22/h8-9,14H,7,10-13H2,1-6H3. The molecule has 0 aliphatic heterocycles. The average Bonchev–Trinajstić information content (AvgIpc) is 2.42. The lowest BCUT2D eigenvalue weighted by atomic mass is 10.00. The molecule has 152 valence electrons. The van der Waals surface area contributed by atoms with Crippen LogP contribution in [0.3, 0.4) is 0 Å². The van der Waals surface area contributed by atoms with Gasteiger partial charge in [-0.25, -0.2) is 0 Å². The second-order valence-electron chi connectivity index (χ2n) is 7.71. The van der Waals surface area contributed by atoms with Crippen molar-refractivity contribution in [3.05, 3.63) is 12.2 Å². The summed E-state index contributed by atoms with van der Waals surface area (Å²) < 4.78 is 8.94. The lowest BCUT2D eigenvalue weighted by molar-refractivity contribution is -0.160. The number of carbonyl (C=O) groups is 2. The minimum absolute atomic E-state index is 0.117. The van der Waals surface area contributed by atoms with E-state index in [1.54, 1.807) is 13.8 Å². The van der Waals surface area contributed by atoms with Gasteiger partial charge in [-0.05, 0) is 60.3 Å². The molecule has 1 unspecified atom stereocenters. The Hall–Kier alpha value is -0.450. The van der Waals surface area contributed by atoms with Crippen LogP contribution >= 0.6 is 34.8 Å². The lowest BCUT2D eigenvalue weighted by Gasteiger charge is -2.31. The van der Waals surface area contributed by atoms with Gasteiger partial charge in [-0.1, -0.05) is 53.9 Å². The van der Waals surface area contributed by atoms with Crippen molar-refractivity contribution in [3.63, 3.8) is 0 Å². The zero-order valence-electron chi connectivity index (χ0n) is 16.5. The first-order valence-electron chi connectivity index (χ1n) is 8.86. The summed E-state index contributed by atoms with van der Waals surface area (Å²) in [6.07, 6.45) is 6.77. The van der Waals surface area contributed by atoms with E-state index in [-0.39, 0.29) is 18.3 Å². The molecular weight excluding hydrogens is 399 g/mol. The number of halogens is 3. The van der Waals surface area contributed by atoms with E-state index >= 15 is 0 Å². The third kappa shape index (κ3) is 10.6. The molecule has 26 heavy (non-hydrogen) atoms. The summed E-state index contributed by atoms with van der Waals surface area (Å²) in [5.41, 5.74) is -1.67. The largest absolute Gasteiger partial charge is 0.460 e. The first kappa shape index (κ1) is 25.6. The molecule has 1 atom stereocenters. The SMILES string of the molecule is CCC(CCC=CCCC(=O)OC(C)(C)C(Cl)(Cl)Cl)C(=O)OC(C)(C)C. The summed E-state index contributed by atoms with van der Waals surface area (Å²) in [5.74, 6) is -0.703. The second kappa shape index (κ2) is 10.8. The van der Waals surface area contributed by atoms with Gasteiger partial charge in [0.25, 0.3) is 0 Å². The lowest BCUT2D eigenvalue weighted by Crippen LogP contribution is -2.41. The Morgan fingerprint density at radius 1 is 0.962 bits per heavy atom. The molecule has 0 aromatic heterocycles. The molecule has 0 saturated heterocycles. The minimum Gasteiger partial charge on any atom is -0.460 e. The number of carbonyl (C=O) groups excluding carboxylic acids is 2. The van der Waals surface area contributed by atoms with Crippen molar-refractivity contribution in [2.45, 2.75) is 88.6 Å². The van der Waals surface area contributed by atoms with E-state index in [1.165, 1.54) is 0 Å². The van der Waals surface area contributed by atoms with Gasteiger partial charge < -0.3 is 9.47 Å². The summed E-state index contributed by atoms with van der Waals surface area (Å²) in [7, 11) is 0. The van der Waals surface area contributed by atoms with Crippen LogP contribution in [0.25, 0.3) is 0 Å². The predicted octanol–water partition coefficient (Wildman–Crippen LogP) is 6.16. The van der Waals surface area contributed by atoms with Gasteiger partial charge >= 0.3 is 11.9 Å². The van der Waals surface area contributed by atoms with Gasteiger partial charge in [0.2, 0.25) is 3.79 Å². The Morgan fingerprint density at radius 3 is 1.96 bits per heavy atom. The molecular formula is C19H31Cl3O4. The van der Waals surface area contributed by atoms with Crippen molar-refractivity contribution in [1.82, 2.24) is 0 Å². The molecule has 0 aromatic rings. The maximum atomic E-state index is 12.1. The molecule has 0 N–H and O–H groups in total. The summed E-state index contributed by atoms with van der Waals surface area (Å²) in [5, 5.41) is 0. The molecule has 0 bridgehead atoms. The van der Waals surface area contributed by atoms with Gasteiger partial charge in [-0.2, -0.15) is 0 Å². The summed E-state index contributed by atoms with van der Waals surface area (Å²) in [6.45, 7) is 10.7. The van der Waals surface area contributed by atoms with Crippen LogP contribution in [0.4, 0.5) is 0 Å². The Kier molecular flexibility index (Phi) is 10.6. The van der Waals surface area contributed by atoms with Crippen LogP contribution in [0.5, 0.6) is 0 Å². The van der Waals surface area contributed by atoms with Crippen molar-refractivity contribution >= 4 is 46.7 Å². The molecule has 0 fully saturated rings. The van der Waals surface area contributed by atoms with Crippen LogP contribution in [0.1, 0.15) is 73.6 Å². The van der Waals surface area contributed by atoms with Gasteiger partial charge in [0.1, 0.15) is 5.60 Å². The zero-order chi connectivity index (χ0) is 20.6. The molecule has 0 rings (SSSR count). The molecule has 0 spiro atoms. The predicted molar refractivity (Wildman–Crippen MR) is 108 cm³/mol. The van der Waals surface area contributed by atoms with E-state index in [0.717, 1.165) is 12.8 Å². The van der Waals surface area contributed by atoms with Gasteiger partial charge in [-0.3, -0.25) is 9.59 Å². The Balaban J connectivity index is 4.21. The van der Waals surface area contributed by atoms with E-state index < -0.39 is 21.0 Å². The molecule has 0 aromatic carbocycles. The van der Waals surface area contributed by atoms with E-state index in [1.807, 2.05) is 39.8 Å². The summed E-state index contributed by atoms with van der Waals surface area (Å²) in [4.78, 5) is 23.9. The van der Waals surface area contributed by atoms with E-state index in [4.69, 9.17) is 44.3 Å². The second-order valence-corrected chi connectivity index (χ2v) is 9.99. The van der Waals surface area contributed by atoms with Gasteiger partial charge in [0, 0.05) is 6.42 Å². The Bertz CT molecular complexity index is 488. The topological polar surface area (TPSA) is 52.6 Å². The maximum Gasteiger partial charge on any atom is 0.309 e. The first-order chi connectivity index (χ1) is 11.7. The highest BCUT2D eigenvalue weighted by molar-refractivity contribution is 6.68. The third-order valence-electron chi connectivity index (χ3n) is 3.65. The minimum atomic E-state index is -1.69. The fourth-order valence-corrected chi connectivity index (χ4v) is 2.12. The quantitative estimate of drug-likeness (QED) is 0.250. The van der Waals surface area contributed by atoms with Crippen molar-refractivity contribution in [3.8, 4) is 0 Å². The van der Waals surface area contributed by atoms with Crippen molar-refractivity contribution in [1.29, 1.82) is 0 Å². The number of esters is 2. The number of alkyl halides is 3. The fraction of sp³-hybridized carbons (Fsp3) is 0.789. The van der Waals surface area contributed by atoms with Gasteiger partial charge in [0.05, 0.1) is 5.92 Å².